The van der Waals surface area contributed by atoms with E-state index in [0.29, 0.717) is 0 Å². The van der Waals surface area contributed by atoms with Gasteiger partial charge in [0.2, 0.25) is 0 Å². The highest BCUT2D eigenvalue weighted by molar-refractivity contribution is 5.53. The predicted molar refractivity (Wildman–Crippen MR) is 79.9 cm³/mol. The second kappa shape index (κ2) is 5.91. The first-order chi connectivity index (χ1) is 9.40. The van der Waals surface area contributed by atoms with Crippen molar-refractivity contribution in [3.8, 4) is 0 Å². The molecule has 1 aromatic rings. The van der Waals surface area contributed by atoms with E-state index in [-0.39, 0.29) is 0 Å². The molecule has 1 aliphatic heterocycles. The molecule has 104 valence electrons. The summed E-state index contributed by atoms with van der Waals surface area (Å²) >= 11 is 0. The van der Waals surface area contributed by atoms with E-state index in [1.54, 1.807) is 11.1 Å². The third-order valence-electron chi connectivity index (χ3n) is 4.65. The molecule has 1 aliphatic carbocycles. The van der Waals surface area contributed by atoms with Gasteiger partial charge in [-0.1, -0.05) is 12.8 Å². The van der Waals surface area contributed by atoms with Crippen LogP contribution in [0.25, 0.3) is 0 Å². The minimum atomic E-state index is 0.806. The lowest BCUT2D eigenvalue weighted by molar-refractivity contribution is 0.636. The van der Waals surface area contributed by atoms with Gasteiger partial charge in [0.05, 0.1) is 0 Å². The summed E-state index contributed by atoms with van der Waals surface area (Å²) in [6, 6.07) is 2.29. The summed E-state index contributed by atoms with van der Waals surface area (Å²) in [6.07, 6.45) is 10.1. The third-order valence-corrected chi connectivity index (χ3v) is 4.65. The summed E-state index contributed by atoms with van der Waals surface area (Å²) in [5, 5.41) is 3.25. The maximum Gasteiger partial charge on any atom is 0.132 e. The second-order valence-corrected chi connectivity index (χ2v) is 5.88. The van der Waals surface area contributed by atoms with Crippen molar-refractivity contribution >= 4 is 5.82 Å². The minimum Gasteiger partial charge on any atom is -0.355 e. The summed E-state index contributed by atoms with van der Waals surface area (Å²) < 4.78 is 0. The van der Waals surface area contributed by atoms with E-state index in [1.165, 1.54) is 44.3 Å². The average Bonchev–Trinajstić information content (AvgIpc) is 2.98. The summed E-state index contributed by atoms with van der Waals surface area (Å²) in [5.74, 6) is 2.08. The molecule has 3 heteroatoms. The molecule has 0 aromatic carbocycles. The van der Waals surface area contributed by atoms with Crippen molar-refractivity contribution in [1.82, 2.24) is 10.3 Å². The molecule has 2 heterocycles. The van der Waals surface area contributed by atoms with Crippen LogP contribution in [-0.4, -0.2) is 31.7 Å². The van der Waals surface area contributed by atoms with Crippen LogP contribution in [0.2, 0.25) is 0 Å². The van der Waals surface area contributed by atoms with Gasteiger partial charge in [-0.2, -0.15) is 0 Å². The number of fused-ring (bicyclic) bond motifs is 1. The highest BCUT2D eigenvalue weighted by Gasteiger charge is 2.25. The van der Waals surface area contributed by atoms with E-state index in [9.17, 15) is 0 Å². The average molecular weight is 259 g/mol. The molecule has 0 spiro atoms. The fraction of sp³-hybridized carbons (Fsp3) is 0.688. The quantitative estimate of drug-likeness (QED) is 0.901. The smallest absolute Gasteiger partial charge is 0.132 e. The van der Waals surface area contributed by atoms with Crippen LogP contribution in [0.15, 0.2) is 12.3 Å². The van der Waals surface area contributed by atoms with E-state index < -0.39 is 0 Å². The zero-order valence-corrected chi connectivity index (χ0v) is 12.0. The van der Waals surface area contributed by atoms with Gasteiger partial charge in [0.15, 0.2) is 0 Å². The first-order valence-electron chi connectivity index (χ1n) is 7.77. The van der Waals surface area contributed by atoms with Gasteiger partial charge in [-0.15, -0.1) is 0 Å². The Kier molecular flexibility index (Phi) is 4.02. The van der Waals surface area contributed by atoms with Gasteiger partial charge in [0.1, 0.15) is 5.82 Å². The van der Waals surface area contributed by atoms with Crippen LogP contribution < -0.4 is 10.2 Å². The SMILES string of the molecule is CNCCN1CCCc2c(C3CCCC3)ccnc21. The normalized spacial score (nSPS) is 19.7. The number of nitrogens with zero attached hydrogens (tertiary/aromatic N) is 2. The first-order valence-corrected chi connectivity index (χ1v) is 7.77. The second-order valence-electron chi connectivity index (χ2n) is 5.88. The van der Waals surface area contributed by atoms with Crippen LogP contribution in [0.4, 0.5) is 5.82 Å². The van der Waals surface area contributed by atoms with Crippen LogP contribution in [0, 0.1) is 0 Å². The van der Waals surface area contributed by atoms with E-state index >= 15 is 0 Å². The van der Waals surface area contributed by atoms with Crippen molar-refractivity contribution in [1.29, 1.82) is 0 Å². The summed E-state index contributed by atoms with van der Waals surface area (Å²) in [7, 11) is 2.02. The largest absolute Gasteiger partial charge is 0.355 e. The number of anilines is 1. The number of hydrogen-bond donors (Lipinski definition) is 1. The van der Waals surface area contributed by atoms with Crippen LogP contribution in [0.1, 0.15) is 49.1 Å². The Bertz CT molecular complexity index is 424. The maximum absolute atomic E-state index is 4.68. The molecule has 19 heavy (non-hydrogen) atoms. The van der Waals surface area contributed by atoms with Gasteiger partial charge in [-0.3, -0.25) is 0 Å². The van der Waals surface area contributed by atoms with Gasteiger partial charge in [0, 0.05) is 25.8 Å². The minimum absolute atomic E-state index is 0.806. The van der Waals surface area contributed by atoms with Crippen LogP contribution in [-0.2, 0) is 6.42 Å². The van der Waals surface area contributed by atoms with Crippen LogP contribution in [0.3, 0.4) is 0 Å². The monoisotopic (exact) mass is 259 g/mol. The maximum atomic E-state index is 4.68. The Balaban J connectivity index is 1.88. The van der Waals surface area contributed by atoms with E-state index in [0.717, 1.165) is 25.6 Å². The molecule has 0 atom stereocenters. The van der Waals surface area contributed by atoms with Crippen LogP contribution in [0.5, 0.6) is 0 Å². The molecular weight excluding hydrogens is 234 g/mol. The summed E-state index contributed by atoms with van der Waals surface area (Å²) in [6.45, 7) is 3.27. The van der Waals surface area contributed by atoms with Crippen molar-refractivity contribution in [2.24, 2.45) is 0 Å². The molecule has 0 radical (unpaired) electrons. The van der Waals surface area contributed by atoms with E-state index in [4.69, 9.17) is 0 Å². The van der Waals surface area contributed by atoms with Crippen molar-refractivity contribution in [2.45, 2.75) is 44.4 Å². The van der Waals surface area contributed by atoms with Crippen molar-refractivity contribution in [3.63, 3.8) is 0 Å². The molecule has 1 saturated carbocycles. The Labute approximate surface area is 116 Å². The van der Waals surface area contributed by atoms with E-state index in [1.807, 2.05) is 13.2 Å². The third kappa shape index (κ3) is 2.62. The first kappa shape index (κ1) is 12.9. The van der Waals surface area contributed by atoms with Crippen molar-refractivity contribution in [3.05, 3.63) is 23.4 Å². The Hall–Kier alpha value is -1.09. The topological polar surface area (TPSA) is 28.2 Å². The molecule has 0 amide bonds. The van der Waals surface area contributed by atoms with E-state index in [2.05, 4.69) is 21.3 Å². The Morgan fingerprint density at radius 1 is 1.32 bits per heavy atom. The molecule has 1 aromatic heterocycles. The number of nitrogens with one attached hydrogen (secondary N) is 1. The lowest BCUT2D eigenvalue weighted by atomic mass is 9.90. The molecule has 0 unspecified atom stereocenters. The van der Waals surface area contributed by atoms with Gasteiger partial charge < -0.3 is 10.2 Å². The van der Waals surface area contributed by atoms with Gasteiger partial charge in [0.25, 0.3) is 0 Å². The number of likely N-dealkylation sites (N-methyl/N-ethyl adjacent to an activating group) is 1. The molecular formula is C16H25N3. The highest BCUT2D eigenvalue weighted by atomic mass is 15.2. The van der Waals surface area contributed by atoms with Gasteiger partial charge in [-0.05, 0) is 55.8 Å². The highest BCUT2D eigenvalue weighted by Crippen LogP contribution is 2.39. The van der Waals surface area contributed by atoms with Crippen molar-refractivity contribution in [2.75, 3.05) is 31.6 Å². The van der Waals surface area contributed by atoms with Crippen LogP contribution >= 0.6 is 0 Å². The zero-order chi connectivity index (χ0) is 13.1. The zero-order valence-electron chi connectivity index (χ0n) is 12.0. The number of rotatable bonds is 4. The molecule has 1 N–H and O–H groups in total. The lowest BCUT2D eigenvalue weighted by Crippen LogP contribution is -2.36. The molecule has 0 bridgehead atoms. The number of hydrogen-bond acceptors (Lipinski definition) is 3. The lowest BCUT2D eigenvalue weighted by Gasteiger charge is -2.32. The molecule has 3 rings (SSSR count). The van der Waals surface area contributed by atoms with Gasteiger partial charge in [-0.25, -0.2) is 4.98 Å². The number of pyridine rings is 1. The molecule has 3 nitrogen and oxygen atoms in total. The summed E-state index contributed by atoms with van der Waals surface area (Å²) in [5.41, 5.74) is 3.16. The standard InChI is InChI=1S/C16H25N3/c1-17-10-12-19-11-4-7-15-14(8-9-18-16(15)19)13-5-2-3-6-13/h8-9,13,17H,2-7,10-12H2,1H3. The fourth-order valence-electron chi connectivity index (χ4n) is 3.66. The number of aromatic nitrogens is 1. The predicted octanol–water partition coefficient (Wildman–Crippen LogP) is 2.71. The van der Waals surface area contributed by atoms with Crippen molar-refractivity contribution < 1.29 is 0 Å². The molecule has 0 saturated heterocycles. The molecule has 1 fully saturated rings. The summed E-state index contributed by atoms with van der Waals surface area (Å²) in [4.78, 5) is 7.15. The fourth-order valence-corrected chi connectivity index (χ4v) is 3.66. The Morgan fingerprint density at radius 2 is 2.16 bits per heavy atom. The molecule has 2 aliphatic rings. The Morgan fingerprint density at radius 3 is 2.95 bits per heavy atom. The van der Waals surface area contributed by atoms with Gasteiger partial charge >= 0.3 is 0 Å².